The number of nitrogens with zero attached hydrogens (tertiary/aromatic N) is 3. The molecular weight excluding hydrogens is 437 g/mol. The van der Waals surface area contributed by atoms with Crippen molar-refractivity contribution in [2.75, 3.05) is 13.1 Å². The average molecular weight is 466 g/mol. The van der Waals surface area contributed by atoms with Gasteiger partial charge in [-0.15, -0.1) is 0 Å². The molecule has 3 heterocycles. The van der Waals surface area contributed by atoms with Crippen LogP contribution in [0.3, 0.4) is 0 Å². The highest BCUT2D eigenvalue weighted by molar-refractivity contribution is 6.33. The van der Waals surface area contributed by atoms with Crippen molar-refractivity contribution in [1.29, 1.82) is 0 Å². The second-order valence-electron chi connectivity index (χ2n) is 9.90. The van der Waals surface area contributed by atoms with E-state index in [0.29, 0.717) is 38.8 Å². The predicted octanol–water partition coefficient (Wildman–Crippen LogP) is 6.77. The first-order valence-electron chi connectivity index (χ1n) is 11.3. The first-order chi connectivity index (χ1) is 15.6. The highest BCUT2D eigenvalue weighted by Gasteiger charge is 2.23. The normalized spacial score (nSPS) is 15.0. The summed E-state index contributed by atoms with van der Waals surface area (Å²) in [5.41, 5.74) is 3.15. The number of rotatable bonds is 3. The maximum absolute atomic E-state index is 15.6. The Balaban J connectivity index is 1.66. The summed E-state index contributed by atoms with van der Waals surface area (Å²) in [6, 6.07) is 8.74. The summed E-state index contributed by atoms with van der Waals surface area (Å²) in [6.45, 7) is 9.91. The van der Waals surface area contributed by atoms with Gasteiger partial charge in [0.2, 0.25) is 0 Å². The van der Waals surface area contributed by atoms with Gasteiger partial charge in [0.05, 0.1) is 0 Å². The number of benzene rings is 1. The topological polar surface area (TPSA) is 46.1 Å². The number of aromatic nitrogens is 2. The van der Waals surface area contributed by atoms with Crippen molar-refractivity contribution in [1.82, 2.24) is 14.9 Å². The second kappa shape index (κ2) is 9.22. The predicted molar refractivity (Wildman–Crippen MR) is 131 cm³/mol. The fourth-order valence-electron chi connectivity index (χ4n) is 4.10. The van der Waals surface area contributed by atoms with Crippen LogP contribution in [0.1, 0.15) is 56.6 Å². The van der Waals surface area contributed by atoms with Crippen LogP contribution >= 0.6 is 11.6 Å². The van der Waals surface area contributed by atoms with Crippen LogP contribution in [-0.4, -0.2) is 33.9 Å². The number of pyridine rings is 2. The van der Waals surface area contributed by atoms with E-state index in [1.807, 2.05) is 11.0 Å². The molecule has 6 heteroatoms. The third-order valence-corrected chi connectivity index (χ3v) is 6.61. The van der Waals surface area contributed by atoms with Crippen LogP contribution in [0.4, 0.5) is 4.39 Å². The molecule has 0 bridgehead atoms. The molecule has 1 aliphatic heterocycles. The van der Waals surface area contributed by atoms with Crippen LogP contribution in [-0.2, 0) is 5.41 Å². The molecule has 4 rings (SSSR count). The molecule has 1 fully saturated rings. The number of hydrogen-bond acceptors (Lipinski definition) is 3. The maximum Gasteiger partial charge on any atom is 0.253 e. The fourth-order valence-corrected chi connectivity index (χ4v) is 4.39. The molecule has 3 aromatic rings. The molecule has 1 aliphatic rings. The van der Waals surface area contributed by atoms with Gasteiger partial charge in [0, 0.05) is 70.1 Å². The van der Waals surface area contributed by atoms with Crippen LogP contribution in [0.2, 0.25) is 5.02 Å². The minimum Gasteiger partial charge on any atom is -0.339 e. The van der Waals surface area contributed by atoms with Gasteiger partial charge in [-0.2, -0.15) is 0 Å². The zero-order valence-corrected chi connectivity index (χ0v) is 20.3. The summed E-state index contributed by atoms with van der Waals surface area (Å²) in [6.07, 6.45) is 6.69. The van der Waals surface area contributed by atoms with E-state index in [0.717, 1.165) is 31.6 Å². The van der Waals surface area contributed by atoms with Crippen molar-refractivity contribution in [3.05, 3.63) is 71.0 Å². The largest absolute Gasteiger partial charge is 0.339 e. The molecule has 1 saturated heterocycles. The Hall–Kier alpha value is -2.79. The number of amides is 1. The number of halogens is 2. The summed E-state index contributed by atoms with van der Waals surface area (Å²) in [7, 11) is 0. The van der Waals surface area contributed by atoms with Gasteiger partial charge in [-0.1, -0.05) is 45.4 Å². The van der Waals surface area contributed by atoms with E-state index in [4.69, 9.17) is 11.6 Å². The Morgan fingerprint density at radius 3 is 2.42 bits per heavy atom. The van der Waals surface area contributed by atoms with Gasteiger partial charge in [0.15, 0.2) is 0 Å². The van der Waals surface area contributed by atoms with Crippen molar-refractivity contribution in [2.45, 2.75) is 46.0 Å². The Bertz CT molecular complexity index is 1180. The molecule has 1 amide bonds. The lowest BCUT2D eigenvalue weighted by Gasteiger charge is -2.30. The molecule has 0 saturated carbocycles. The SMILES string of the molecule is CC1CCN(C(=O)c2ccc(-c3cncc(-c4ccnc(C(C)(C)C)c4)c3F)c(Cl)c2)CC1. The molecule has 33 heavy (non-hydrogen) atoms. The van der Waals surface area contributed by atoms with Crippen molar-refractivity contribution in [3.63, 3.8) is 0 Å². The maximum atomic E-state index is 15.6. The molecule has 0 radical (unpaired) electrons. The van der Waals surface area contributed by atoms with Gasteiger partial charge in [-0.05, 0) is 48.6 Å². The zero-order chi connectivity index (χ0) is 23.8. The molecule has 1 aromatic carbocycles. The minimum atomic E-state index is -0.401. The Morgan fingerprint density at radius 2 is 1.76 bits per heavy atom. The molecule has 0 unspecified atom stereocenters. The lowest BCUT2D eigenvalue weighted by molar-refractivity contribution is 0.0697. The Morgan fingerprint density at radius 1 is 1.06 bits per heavy atom. The second-order valence-corrected chi connectivity index (χ2v) is 10.3. The van der Waals surface area contributed by atoms with E-state index in [1.54, 1.807) is 30.5 Å². The Labute approximate surface area is 199 Å². The van der Waals surface area contributed by atoms with Gasteiger partial charge in [-0.25, -0.2) is 4.39 Å². The van der Waals surface area contributed by atoms with Gasteiger partial charge < -0.3 is 4.90 Å². The van der Waals surface area contributed by atoms with Gasteiger partial charge >= 0.3 is 0 Å². The lowest BCUT2D eigenvalue weighted by Crippen LogP contribution is -2.37. The summed E-state index contributed by atoms with van der Waals surface area (Å²) < 4.78 is 15.6. The van der Waals surface area contributed by atoms with Crippen LogP contribution in [0, 0.1) is 11.7 Å². The molecular formula is C27H29ClFN3O. The third-order valence-electron chi connectivity index (χ3n) is 6.30. The molecule has 4 nitrogen and oxygen atoms in total. The Kier molecular flexibility index (Phi) is 6.53. The summed E-state index contributed by atoms with van der Waals surface area (Å²) in [5.74, 6) is 0.207. The van der Waals surface area contributed by atoms with Crippen molar-refractivity contribution in [3.8, 4) is 22.3 Å². The van der Waals surface area contributed by atoms with Gasteiger partial charge in [-0.3, -0.25) is 14.8 Å². The first-order valence-corrected chi connectivity index (χ1v) is 11.7. The quantitative estimate of drug-likeness (QED) is 0.428. The molecule has 0 spiro atoms. The molecule has 0 N–H and O–H groups in total. The number of carbonyl (C=O) groups is 1. The zero-order valence-electron chi connectivity index (χ0n) is 19.5. The van der Waals surface area contributed by atoms with Gasteiger partial charge in [0.1, 0.15) is 5.82 Å². The van der Waals surface area contributed by atoms with E-state index in [-0.39, 0.29) is 11.3 Å². The minimum absolute atomic E-state index is 0.0332. The van der Waals surface area contributed by atoms with Crippen molar-refractivity contribution >= 4 is 17.5 Å². The first kappa shape index (κ1) is 23.4. The highest BCUT2D eigenvalue weighted by Crippen LogP contribution is 2.35. The number of carbonyl (C=O) groups excluding carboxylic acids is 1. The molecule has 172 valence electrons. The molecule has 2 aromatic heterocycles. The number of hydrogen-bond donors (Lipinski definition) is 0. The van der Waals surface area contributed by atoms with Crippen LogP contribution in [0.15, 0.2) is 48.9 Å². The summed E-state index contributed by atoms with van der Waals surface area (Å²) in [4.78, 5) is 23.5. The van der Waals surface area contributed by atoms with Crippen LogP contribution in [0.5, 0.6) is 0 Å². The van der Waals surface area contributed by atoms with E-state index >= 15 is 4.39 Å². The highest BCUT2D eigenvalue weighted by atomic mass is 35.5. The van der Waals surface area contributed by atoms with Crippen LogP contribution < -0.4 is 0 Å². The van der Waals surface area contributed by atoms with E-state index < -0.39 is 5.82 Å². The van der Waals surface area contributed by atoms with Crippen molar-refractivity contribution < 1.29 is 9.18 Å². The smallest absolute Gasteiger partial charge is 0.253 e. The number of likely N-dealkylation sites (tertiary alicyclic amines) is 1. The lowest BCUT2D eigenvalue weighted by atomic mass is 9.90. The van der Waals surface area contributed by atoms with E-state index in [9.17, 15) is 4.79 Å². The van der Waals surface area contributed by atoms with Gasteiger partial charge in [0.25, 0.3) is 5.91 Å². The molecule has 0 atom stereocenters. The van der Waals surface area contributed by atoms with Crippen LogP contribution in [0.25, 0.3) is 22.3 Å². The summed E-state index contributed by atoms with van der Waals surface area (Å²) >= 11 is 6.55. The van der Waals surface area contributed by atoms with E-state index in [2.05, 4.69) is 37.7 Å². The van der Waals surface area contributed by atoms with E-state index in [1.165, 1.54) is 12.4 Å². The monoisotopic (exact) mass is 465 g/mol. The standard InChI is InChI=1S/C27H29ClFN3O/c1-17-8-11-32(12-9-17)26(33)19-5-6-20(23(28)13-19)22-16-30-15-21(25(22)29)18-7-10-31-24(14-18)27(2,3)4/h5-7,10,13-17H,8-9,11-12H2,1-4H3. The third kappa shape index (κ3) is 4.93. The van der Waals surface area contributed by atoms with Crippen molar-refractivity contribution in [2.24, 2.45) is 5.92 Å². The number of piperidine rings is 1. The fraction of sp³-hybridized carbons (Fsp3) is 0.370. The molecule has 0 aliphatic carbocycles. The summed E-state index contributed by atoms with van der Waals surface area (Å²) in [5, 5.41) is 0.328. The average Bonchev–Trinajstić information content (AvgIpc) is 2.79.